The molecule has 0 aliphatic carbocycles. The van der Waals surface area contributed by atoms with Gasteiger partial charge in [-0.25, -0.2) is 4.98 Å². The fourth-order valence-electron chi connectivity index (χ4n) is 2.82. The smallest absolute Gasteiger partial charge is 0.0938 e. The van der Waals surface area contributed by atoms with E-state index in [1.165, 1.54) is 0 Å². The molecule has 116 valence electrons. The third kappa shape index (κ3) is 2.43. The number of halogens is 1. The lowest BCUT2D eigenvalue weighted by molar-refractivity contribution is 1.24. The van der Waals surface area contributed by atoms with Crippen LogP contribution in [0.2, 0.25) is 5.02 Å². The van der Waals surface area contributed by atoms with E-state index < -0.39 is 0 Å². The van der Waals surface area contributed by atoms with Gasteiger partial charge in [0.05, 0.1) is 27.6 Å². The SMILES string of the molecule is Cc1c(-c2ccccn2)nc2c(-c3ccccn3)cccc2c1Cl. The number of hydrogen-bond acceptors (Lipinski definition) is 3. The molecule has 4 heteroatoms. The molecule has 3 heterocycles. The average Bonchev–Trinajstić information content (AvgIpc) is 2.65. The molecule has 3 aromatic heterocycles. The first-order valence-corrected chi connectivity index (χ1v) is 8.05. The lowest BCUT2D eigenvalue weighted by Gasteiger charge is -2.12. The summed E-state index contributed by atoms with van der Waals surface area (Å²) in [6.07, 6.45) is 3.54. The van der Waals surface area contributed by atoms with Crippen LogP contribution in [0.25, 0.3) is 33.5 Å². The minimum Gasteiger partial charge on any atom is -0.256 e. The largest absolute Gasteiger partial charge is 0.256 e. The molecular weight excluding hydrogens is 318 g/mol. The Morgan fingerprint density at radius 2 is 1.50 bits per heavy atom. The van der Waals surface area contributed by atoms with Gasteiger partial charge < -0.3 is 0 Å². The highest BCUT2D eigenvalue weighted by Gasteiger charge is 2.15. The number of fused-ring (bicyclic) bond motifs is 1. The van der Waals surface area contributed by atoms with Crippen molar-refractivity contribution in [2.45, 2.75) is 6.92 Å². The van der Waals surface area contributed by atoms with Crippen molar-refractivity contribution in [1.82, 2.24) is 15.0 Å². The minimum absolute atomic E-state index is 0.707. The monoisotopic (exact) mass is 331 g/mol. The van der Waals surface area contributed by atoms with Gasteiger partial charge in [-0.2, -0.15) is 0 Å². The van der Waals surface area contributed by atoms with E-state index in [4.69, 9.17) is 16.6 Å². The molecular formula is C20H14ClN3. The zero-order valence-electron chi connectivity index (χ0n) is 13.1. The zero-order chi connectivity index (χ0) is 16.5. The van der Waals surface area contributed by atoms with E-state index in [0.29, 0.717) is 5.02 Å². The predicted molar refractivity (Wildman–Crippen MR) is 98.0 cm³/mol. The molecule has 0 radical (unpaired) electrons. The third-order valence-corrected chi connectivity index (χ3v) is 4.52. The molecule has 1 aromatic carbocycles. The highest BCUT2D eigenvalue weighted by Crippen LogP contribution is 2.35. The lowest BCUT2D eigenvalue weighted by atomic mass is 10.0. The summed E-state index contributed by atoms with van der Waals surface area (Å²) < 4.78 is 0. The minimum atomic E-state index is 0.707. The van der Waals surface area contributed by atoms with Crippen LogP contribution in [0.5, 0.6) is 0 Å². The summed E-state index contributed by atoms with van der Waals surface area (Å²) in [7, 11) is 0. The first kappa shape index (κ1) is 14.8. The molecule has 0 aliphatic heterocycles. The van der Waals surface area contributed by atoms with Crippen LogP contribution in [0.1, 0.15) is 5.56 Å². The fraction of sp³-hybridized carbons (Fsp3) is 0.0500. The first-order chi connectivity index (χ1) is 11.8. The standard InChI is InChI=1S/C20H14ClN3/c1-13-18(21)15-8-6-7-14(16-9-2-4-11-22-16)20(15)24-19(13)17-10-3-5-12-23-17/h2-12H,1H3. The van der Waals surface area contributed by atoms with E-state index in [9.17, 15) is 0 Å². The van der Waals surface area contributed by atoms with Crippen LogP contribution < -0.4 is 0 Å². The quantitative estimate of drug-likeness (QED) is 0.499. The van der Waals surface area contributed by atoms with E-state index in [-0.39, 0.29) is 0 Å². The summed E-state index contributed by atoms with van der Waals surface area (Å²) in [5.74, 6) is 0. The van der Waals surface area contributed by atoms with Crippen LogP contribution in [-0.4, -0.2) is 15.0 Å². The van der Waals surface area contributed by atoms with E-state index in [2.05, 4.69) is 9.97 Å². The second kappa shape index (κ2) is 6.02. The van der Waals surface area contributed by atoms with Crippen molar-refractivity contribution in [3.05, 3.63) is 77.6 Å². The van der Waals surface area contributed by atoms with Gasteiger partial charge >= 0.3 is 0 Å². The van der Waals surface area contributed by atoms with Crippen molar-refractivity contribution in [3.63, 3.8) is 0 Å². The van der Waals surface area contributed by atoms with E-state index >= 15 is 0 Å². The van der Waals surface area contributed by atoms with Gasteiger partial charge in [-0.05, 0) is 36.8 Å². The second-order valence-corrected chi connectivity index (χ2v) is 5.91. The Balaban J connectivity index is 2.06. The maximum absolute atomic E-state index is 6.65. The highest BCUT2D eigenvalue weighted by molar-refractivity contribution is 6.36. The van der Waals surface area contributed by atoms with Crippen LogP contribution in [0, 0.1) is 6.92 Å². The number of aromatic nitrogens is 3. The molecule has 3 nitrogen and oxygen atoms in total. The van der Waals surface area contributed by atoms with E-state index in [1.54, 1.807) is 12.4 Å². The molecule has 4 aromatic rings. The van der Waals surface area contributed by atoms with Gasteiger partial charge in [0.15, 0.2) is 0 Å². The Morgan fingerprint density at radius 3 is 2.17 bits per heavy atom. The van der Waals surface area contributed by atoms with Gasteiger partial charge in [0.1, 0.15) is 0 Å². The molecule has 0 spiro atoms. The van der Waals surface area contributed by atoms with Crippen molar-refractivity contribution in [2.24, 2.45) is 0 Å². The third-order valence-electron chi connectivity index (χ3n) is 4.03. The summed E-state index contributed by atoms with van der Waals surface area (Å²) in [6.45, 7) is 1.98. The molecule has 0 amide bonds. The lowest BCUT2D eigenvalue weighted by Crippen LogP contribution is -1.96. The number of rotatable bonds is 2. The number of benzene rings is 1. The fourth-order valence-corrected chi connectivity index (χ4v) is 3.07. The van der Waals surface area contributed by atoms with Crippen LogP contribution >= 0.6 is 11.6 Å². The summed E-state index contributed by atoms with van der Waals surface area (Å²) in [6, 6.07) is 17.6. The van der Waals surface area contributed by atoms with Crippen LogP contribution in [0.4, 0.5) is 0 Å². The Morgan fingerprint density at radius 1 is 0.792 bits per heavy atom. The Kier molecular flexibility index (Phi) is 3.71. The Labute approximate surface area is 145 Å². The molecule has 0 bridgehead atoms. The highest BCUT2D eigenvalue weighted by atomic mass is 35.5. The van der Waals surface area contributed by atoms with Gasteiger partial charge in [0.2, 0.25) is 0 Å². The average molecular weight is 332 g/mol. The molecule has 4 rings (SSSR count). The maximum atomic E-state index is 6.65. The van der Waals surface area contributed by atoms with Crippen molar-refractivity contribution in [2.75, 3.05) is 0 Å². The number of para-hydroxylation sites is 1. The Hall–Kier alpha value is -2.78. The summed E-state index contributed by atoms with van der Waals surface area (Å²) in [4.78, 5) is 13.8. The van der Waals surface area contributed by atoms with Gasteiger partial charge in [0, 0.05) is 23.3 Å². The molecule has 0 saturated heterocycles. The number of nitrogens with zero attached hydrogens (tertiary/aromatic N) is 3. The van der Waals surface area contributed by atoms with Crippen LogP contribution in [-0.2, 0) is 0 Å². The number of hydrogen-bond donors (Lipinski definition) is 0. The molecule has 0 unspecified atom stereocenters. The summed E-state index contributed by atoms with van der Waals surface area (Å²) in [5.41, 5.74) is 5.23. The van der Waals surface area contributed by atoms with Crippen LogP contribution in [0.15, 0.2) is 67.0 Å². The summed E-state index contributed by atoms with van der Waals surface area (Å²) >= 11 is 6.65. The van der Waals surface area contributed by atoms with Gasteiger partial charge in [-0.1, -0.05) is 41.9 Å². The van der Waals surface area contributed by atoms with Crippen LogP contribution in [0.3, 0.4) is 0 Å². The predicted octanol–water partition coefficient (Wildman–Crippen LogP) is 5.32. The zero-order valence-corrected chi connectivity index (χ0v) is 13.8. The van der Waals surface area contributed by atoms with Gasteiger partial charge in [-0.15, -0.1) is 0 Å². The van der Waals surface area contributed by atoms with Gasteiger partial charge in [-0.3, -0.25) is 9.97 Å². The van der Waals surface area contributed by atoms with Crippen molar-refractivity contribution in [3.8, 4) is 22.6 Å². The van der Waals surface area contributed by atoms with E-state index in [0.717, 1.165) is 39.1 Å². The number of pyridine rings is 3. The summed E-state index contributed by atoms with van der Waals surface area (Å²) in [5, 5.41) is 1.63. The van der Waals surface area contributed by atoms with Crippen molar-refractivity contribution >= 4 is 22.5 Å². The molecule has 0 aliphatic rings. The molecule has 0 saturated carbocycles. The van der Waals surface area contributed by atoms with Crippen molar-refractivity contribution in [1.29, 1.82) is 0 Å². The molecule has 0 fully saturated rings. The molecule has 0 atom stereocenters. The Bertz CT molecular complexity index is 1020. The normalized spacial score (nSPS) is 10.9. The molecule has 0 N–H and O–H groups in total. The molecule has 24 heavy (non-hydrogen) atoms. The first-order valence-electron chi connectivity index (χ1n) is 7.67. The van der Waals surface area contributed by atoms with Crippen molar-refractivity contribution < 1.29 is 0 Å². The maximum Gasteiger partial charge on any atom is 0.0938 e. The topological polar surface area (TPSA) is 38.7 Å². The van der Waals surface area contributed by atoms with Gasteiger partial charge in [0.25, 0.3) is 0 Å². The van der Waals surface area contributed by atoms with E-state index in [1.807, 2.05) is 61.5 Å². The second-order valence-electron chi connectivity index (χ2n) is 5.53.